The second-order valence-corrected chi connectivity index (χ2v) is 9.63. The lowest BCUT2D eigenvalue weighted by molar-refractivity contribution is 0.0950. The molecule has 7 nitrogen and oxygen atoms in total. The van der Waals surface area contributed by atoms with Crippen molar-refractivity contribution in [3.05, 3.63) is 120 Å². The predicted octanol–water partition coefficient (Wildman–Crippen LogP) is 5.87. The Hall–Kier alpha value is -4.43. The highest BCUT2D eigenvalue weighted by Crippen LogP contribution is 2.31. The van der Waals surface area contributed by atoms with Gasteiger partial charge in [0.1, 0.15) is 5.75 Å². The number of carbonyl (C=O) groups is 1. The maximum atomic E-state index is 13.0. The molecule has 0 atom stereocenters. The van der Waals surface area contributed by atoms with Crippen molar-refractivity contribution in [2.24, 2.45) is 0 Å². The molecule has 0 aliphatic heterocycles. The summed E-state index contributed by atoms with van der Waals surface area (Å²) >= 11 is 1.54. The number of nitrogens with one attached hydrogen (secondary N) is 1. The van der Waals surface area contributed by atoms with Crippen LogP contribution in [0.1, 0.15) is 27.0 Å². The Morgan fingerprint density at radius 2 is 1.66 bits per heavy atom. The first kappa shape index (κ1) is 25.2. The first-order valence-corrected chi connectivity index (χ1v) is 13.2. The summed E-state index contributed by atoms with van der Waals surface area (Å²) in [6.45, 7) is 2.50. The van der Waals surface area contributed by atoms with Crippen LogP contribution in [0.4, 0.5) is 0 Å². The van der Waals surface area contributed by atoms with Gasteiger partial charge in [0.25, 0.3) is 5.91 Å². The van der Waals surface area contributed by atoms with E-state index >= 15 is 0 Å². The summed E-state index contributed by atoms with van der Waals surface area (Å²) in [6.07, 6.45) is 3.44. The molecule has 0 aliphatic carbocycles. The third kappa shape index (κ3) is 5.76. The normalized spacial score (nSPS) is 10.8. The number of carbonyl (C=O) groups excluding carboxylic acids is 1. The van der Waals surface area contributed by atoms with Crippen molar-refractivity contribution in [1.29, 1.82) is 0 Å². The third-order valence-electron chi connectivity index (χ3n) is 6.09. The molecule has 0 saturated carbocycles. The fraction of sp³-hybridized carbons (Fsp3) is 0.133. The number of hydrogen-bond acceptors (Lipinski definition) is 6. The van der Waals surface area contributed by atoms with Crippen LogP contribution in [-0.2, 0) is 12.3 Å². The number of pyridine rings is 1. The van der Waals surface area contributed by atoms with Gasteiger partial charge in [-0.1, -0.05) is 59.8 Å². The van der Waals surface area contributed by atoms with Gasteiger partial charge in [-0.3, -0.25) is 14.3 Å². The minimum atomic E-state index is -0.116. The summed E-state index contributed by atoms with van der Waals surface area (Å²) in [5.74, 6) is 1.97. The number of rotatable bonds is 9. The monoisotopic (exact) mass is 521 g/mol. The van der Waals surface area contributed by atoms with Crippen LogP contribution in [-0.4, -0.2) is 32.8 Å². The van der Waals surface area contributed by atoms with E-state index < -0.39 is 0 Å². The maximum absolute atomic E-state index is 13.0. The van der Waals surface area contributed by atoms with Crippen molar-refractivity contribution in [3.8, 4) is 22.8 Å². The molecule has 2 aromatic heterocycles. The average Bonchev–Trinajstić information content (AvgIpc) is 3.40. The average molecular weight is 522 g/mol. The van der Waals surface area contributed by atoms with Gasteiger partial charge in [0, 0.05) is 41.5 Å². The quantitative estimate of drug-likeness (QED) is 0.244. The van der Waals surface area contributed by atoms with Gasteiger partial charge >= 0.3 is 0 Å². The molecule has 0 aliphatic rings. The molecular weight excluding hydrogens is 494 g/mol. The smallest absolute Gasteiger partial charge is 0.251 e. The van der Waals surface area contributed by atoms with Gasteiger partial charge in [0.05, 0.1) is 7.11 Å². The number of methoxy groups -OCH3 is 1. The first-order chi connectivity index (χ1) is 18.6. The lowest BCUT2D eigenvalue weighted by Gasteiger charge is -2.13. The zero-order valence-electron chi connectivity index (χ0n) is 21.2. The second-order valence-electron chi connectivity index (χ2n) is 8.69. The second kappa shape index (κ2) is 11.7. The fourth-order valence-electron chi connectivity index (χ4n) is 4.01. The Labute approximate surface area is 225 Å². The van der Waals surface area contributed by atoms with E-state index in [1.165, 1.54) is 17.3 Å². The molecule has 0 spiro atoms. The first-order valence-electron chi connectivity index (χ1n) is 12.2. The van der Waals surface area contributed by atoms with Gasteiger partial charge in [-0.25, -0.2) is 0 Å². The van der Waals surface area contributed by atoms with E-state index in [2.05, 4.69) is 51.7 Å². The standard InChI is InChI=1S/C30H27N5O2S/c1-21-7-9-23(10-8-21)28-33-34-30(35(28)25-11-13-26(37-2)14-12-25)38-20-24-5-3-4-6-27(24)29(36)32-19-22-15-17-31-18-16-22/h3-18H,19-20H2,1-2H3,(H,32,36). The molecule has 1 N–H and O–H groups in total. The van der Waals surface area contributed by atoms with E-state index in [9.17, 15) is 4.79 Å². The summed E-state index contributed by atoms with van der Waals surface area (Å²) in [4.78, 5) is 17.1. The highest BCUT2D eigenvalue weighted by molar-refractivity contribution is 7.98. The summed E-state index contributed by atoms with van der Waals surface area (Å²) < 4.78 is 7.39. The summed E-state index contributed by atoms with van der Waals surface area (Å²) in [5, 5.41) is 12.8. The summed E-state index contributed by atoms with van der Waals surface area (Å²) in [5.41, 5.74) is 5.64. The van der Waals surface area contributed by atoms with E-state index in [1.807, 2.05) is 65.2 Å². The molecule has 38 heavy (non-hydrogen) atoms. The topological polar surface area (TPSA) is 81.9 Å². The Balaban J connectivity index is 1.41. The lowest BCUT2D eigenvalue weighted by Crippen LogP contribution is -2.23. The van der Waals surface area contributed by atoms with Crippen LogP contribution >= 0.6 is 11.8 Å². The van der Waals surface area contributed by atoms with Crippen molar-refractivity contribution in [1.82, 2.24) is 25.1 Å². The number of nitrogens with zero attached hydrogens (tertiary/aromatic N) is 4. The van der Waals surface area contributed by atoms with E-state index in [4.69, 9.17) is 4.74 Å². The molecular formula is C30H27N5O2S. The fourth-order valence-corrected chi connectivity index (χ4v) is 4.96. The number of aromatic nitrogens is 4. The van der Waals surface area contributed by atoms with Crippen molar-refractivity contribution < 1.29 is 9.53 Å². The summed E-state index contributed by atoms with van der Waals surface area (Å²) in [6, 6.07) is 27.5. The molecule has 5 aromatic rings. The Morgan fingerprint density at radius 3 is 2.39 bits per heavy atom. The van der Waals surface area contributed by atoms with E-state index in [-0.39, 0.29) is 5.91 Å². The number of benzene rings is 3. The largest absolute Gasteiger partial charge is 0.497 e. The highest BCUT2D eigenvalue weighted by atomic mass is 32.2. The van der Waals surface area contributed by atoms with Crippen LogP contribution in [0, 0.1) is 6.92 Å². The highest BCUT2D eigenvalue weighted by Gasteiger charge is 2.18. The van der Waals surface area contributed by atoms with Gasteiger partial charge in [-0.05, 0) is 60.5 Å². The number of ether oxygens (including phenoxy) is 1. The van der Waals surface area contributed by atoms with Gasteiger partial charge in [-0.2, -0.15) is 0 Å². The third-order valence-corrected chi connectivity index (χ3v) is 7.07. The van der Waals surface area contributed by atoms with Crippen molar-refractivity contribution in [2.45, 2.75) is 24.4 Å². The number of amides is 1. The zero-order chi connectivity index (χ0) is 26.3. The van der Waals surface area contributed by atoms with Crippen LogP contribution in [0.25, 0.3) is 17.1 Å². The van der Waals surface area contributed by atoms with Crippen LogP contribution in [0.3, 0.4) is 0 Å². The van der Waals surface area contributed by atoms with Crippen LogP contribution < -0.4 is 10.1 Å². The predicted molar refractivity (Wildman–Crippen MR) is 149 cm³/mol. The molecule has 1 amide bonds. The molecule has 8 heteroatoms. The summed E-state index contributed by atoms with van der Waals surface area (Å²) in [7, 11) is 1.65. The van der Waals surface area contributed by atoms with Crippen molar-refractivity contribution in [2.75, 3.05) is 7.11 Å². The molecule has 5 rings (SSSR count). The molecule has 190 valence electrons. The lowest BCUT2D eigenvalue weighted by atomic mass is 10.1. The Kier molecular flexibility index (Phi) is 7.80. The Morgan fingerprint density at radius 1 is 0.921 bits per heavy atom. The van der Waals surface area contributed by atoms with Crippen molar-refractivity contribution >= 4 is 17.7 Å². The van der Waals surface area contributed by atoms with Crippen LogP contribution in [0.2, 0.25) is 0 Å². The molecule has 2 heterocycles. The molecule has 3 aromatic carbocycles. The Bertz CT molecular complexity index is 1520. The maximum Gasteiger partial charge on any atom is 0.251 e. The van der Waals surface area contributed by atoms with Crippen molar-refractivity contribution in [3.63, 3.8) is 0 Å². The van der Waals surface area contributed by atoms with Gasteiger partial charge in [0.2, 0.25) is 0 Å². The van der Waals surface area contributed by atoms with Gasteiger partial charge in [-0.15, -0.1) is 10.2 Å². The van der Waals surface area contributed by atoms with E-state index in [0.29, 0.717) is 17.9 Å². The number of aryl methyl sites for hydroxylation is 1. The SMILES string of the molecule is COc1ccc(-n2c(SCc3ccccc3C(=O)NCc3ccncc3)nnc2-c2ccc(C)cc2)cc1. The minimum absolute atomic E-state index is 0.116. The van der Waals surface area contributed by atoms with Crippen LogP contribution in [0.5, 0.6) is 5.75 Å². The van der Waals surface area contributed by atoms with E-state index in [1.54, 1.807) is 19.5 Å². The molecule has 0 fully saturated rings. The van der Waals surface area contributed by atoms with Gasteiger partial charge < -0.3 is 10.1 Å². The van der Waals surface area contributed by atoms with E-state index in [0.717, 1.165) is 39.1 Å². The van der Waals surface area contributed by atoms with Crippen LogP contribution in [0.15, 0.2) is 102 Å². The number of hydrogen-bond donors (Lipinski definition) is 1. The minimum Gasteiger partial charge on any atom is -0.497 e. The molecule has 0 saturated heterocycles. The zero-order valence-corrected chi connectivity index (χ0v) is 22.0. The number of thioether (sulfide) groups is 1. The molecule has 0 bridgehead atoms. The van der Waals surface area contributed by atoms with Gasteiger partial charge in [0.15, 0.2) is 11.0 Å². The molecule has 0 radical (unpaired) electrons. The molecule has 0 unspecified atom stereocenters.